The number of amides is 2. The van der Waals surface area contributed by atoms with Crippen LogP contribution in [-0.2, 0) is 19.1 Å². The van der Waals surface area contributed by atoms with Crippen LogP contribution in [0.25, 0.3) is 10.8 Å². The van der Waals surface area contributed by atoms with Crippen LogP contribution in [0.2, 0.25) is 0 Å². The average Bonchev–Trinajstić information content (AvgIpc) is 2.68. The maximum absolute atomic E-state index is 11.8. The SMILES string of the molecule is COC(=O)CCC(=O)NC(=S)NNC(=O)COc1ccc2ccccc2c1. The van der Waals surface area contributed by atoms with Gasteiger partial charge in [0.1, 0.15) is 5.75 Å². The van der Waals surface area contributed by atoms with Gasteiger partial charge in [-0.05, 0) is 35.1 Å². The van der Waals surface area contributed by atoms with E-state index < -0.39 is 17.8 Å². The van der Waals surface area contributed by atoms with Gasteiger partial charge in [-0.15, -0.1) is 0 Å². The molecule has 0 aliphatic rings. The number of hydrogen-bond donors (Lipinski definition) is 3. The van der Waals surface area contributed by atoms with Crippen LogP contribution in [-0.4, -0.2) is 36.6 Å². The summed E-state index contributed by atoms with van der Waals surface area (Å²) in [5, 5.41) is 4.31. The molecular formula is C18H19N3O5S. The highest BCUT2D eigenvalue weighted by atomic mass is 32.1. The van der Waals surface area contributed by atoms with Crippen LogP contribution in [0.15, 0.2) is 42.5 Å². The van der Waals surface area contributed by atoms with Crippen molar-refractivity contribution in [3.8, 4) is 5.75 Å². The number of thiocarbonyl (C=S) groups is 1. The predicted molar refractivity (Wildman–Crippen MR) is 103 cm³/mol. The molecular weight excluding hydrogens is 370 g/mol. The van der Waals surface area contributed by atoms with Gasteiger partial charge in [0.05, 0.1) is 13.5 Å². The first-order valence-corrected chi connectivity index (χ1v) is 8.46. The van der Waals surface area contributed by atoms with Gasteiger partial charge in [0.15, 0.2) is 11.7 Å². The highest BCUT2D eigenvalue weighted by Gasteiger charge is 2.09. The van der Waals surface area contributed by atoms with Crippen molar-refractivity contribution in [2.75, 3.05) is 13.7 Å². The molecule has 0 saturated heterocycles. The van der Waals surface area contributed by atoms with E-state index >= 15 is 0 Å². The third-order valence-electron chi connectivity index (χ3n) is 3.44. The minimum Gasteiger partial charge on any atom is -0.484 e. The van der Waals surface area contributed by atoms with Crippen LogP contribution in [0.4, 0.5) is 0 Å². The summed E-state index contributed by atoms with van der Waals surface area (Å²) in [6.45, 7) is -0.232. The van der Waals surface area contributed by atoms with Gasteiger partial charge >= 0.3 is 5.97 Å². The van der Waals surface area contributed by atoms with E-state index in [-0.39, 0.29) is 24.6 Å². The minimum atomic E-state index is -0.497. The molecule has 0 saturated carbocycles. The summed E-state index contributed by atoms with van der Waals surface area (Å²) in [6, 6.07) is 13.3. The van der Waals surface area contributed by atoms with Crippen LogP contribution in [0.5, 0.6) is 5.75 Å². The van der Waals surface area contributed by atoms with Gasteiger partial charge in [0, 0.05) is 6.42 Å². The van der Waals surface area contributed by atoms with Crippen molar-refractivity contribution in [2.45, 2.75) is 12.8 Å². The quantitative estimate of drug-likeness (QED) is 0.387. The van der Waals surface area contributed by atoms with Gasteiger partial charge in [-0.1, -0.05) is 30.3 Å². The molecule has 0 aliphatic carbocycles. The second-order valence-corrected chi connectivity index (χ2v) is 5.83. The molecule has 0 aromatic heterocycles. The third kappa shape index (κ3) is 6.90. The van der Waals surface area contributed by atoms with E-state index in [1.807, 2.05) is 36.4 Å². The Morgan fingerprint density at radius 3 is 2.44 bits per heavy atom. The van der Waals surface area contributed by atoms with Crippen LogP contribution >= 0.6 is 12.2 Å². The highest BCUT2D eigenvalue weighted by molar-refractivity contribution is 7.80. The lowest BCUT2D eigenvalue weighted by Crippen LogP contribution is -2.49. The number of hydrazine groups is 1. The smallest absolute Gasteiger partial charge is 0.306 e. The first-order chi connectivity index (χ1) is 13.0. The van der Waals surface area contributed by atoms with Crippen LogP contribution in [0, 0.1) is 0 Å². The molecule has 9 heteroatoms. The normalized spacial score (nSPS) is 9.96. The second kappa shape index (κ2) is 10.1. The largest absolute Gasteiger partial charge is 0.484 e. The summed E-state index contributed by atoms with van der Waals surface area (Å²) < 4.78 is 9.87. The number of fused-ring (bicyclic) bond motifs is 1. The Bertz CT molecular complexity index is 856. The van der Waals surface area contributed by atoms with Crippen LogP contribution in [0.1, 0.15) is 12.8 Å². The van der Waals surface area contributed by atoms with Gasteiger partial charge in [0.25, 0.3) is 5.91 Å². The molecule has 0 spiro atoms. The summed E-state index contributed by atoms with van der Waals surface area (Å²) in [5.74, 6) is -0.889. The molecule has 2 rings (SSSR count). The lowest BCUT2D eigenvalue weighted by Gasteiger charge is -2.11. The van der Waals surface area contributed by atoms with Crippen molar-refractivity contribution in [1.29, 1.82) is 0 Å². The van der Waals surface area contributed by atoms with Crippen molar-refractivity contribution in [3.63, 3.8) is 0 Å². The Morgan fingerprint density at radius 1 is 0.963 bits per heavy atom. The van der Waals surface area contributed by atoms with Crippen molar-refractivity contribution in [3.05, 3.63) is 42.5 Å². The topological polar surface area (TPSA) is 106 Å². The van der Waals surface area contributed by atoms with Gasteiger partial charge in [-0.25, -0.2) is 0 Å². The number of benzene rings is 2. The molecule has 0 heterocycles. The Kier molecular flexibility index (Phi) is 7.50. The van der Waals surface area contributed by atoms with E-state index in [9.17, 15) is 14.4 Å². The molecule has 2 aromatic carbocycles. The first kappa shape index (κ1) is 20.1. The average molecular weight is 389 g/mol. The Labute approximate surface area is 161 Å². The maximum Gasteiger partial charge on any atom is 0.306 e. The van der Waals surface area contributed by atoms with Gasteiger partial charge in [0.2, 0.25) is 5.91 Å². The zero-order chi connectivity index (χ0) is 19.6. The van der Waals surface area contributed by atoms with E-state index in [1.54, 1.807) is 6.07 Å². The first-order valence-electron chi connectivity index (χ1n) is 8.05. The monoisotopic (exact) mass is 389 g/mol. The number of hydrogen-bond acceptors (Lipinski definition) is 6. The predicted octanol–water partition coefficient (Wildman–Crippen LogP) is 1.19. The number of nitrogens with one attached hydrogen (secondary N) is 3. The molecule has 0 unspecified atom stereocenters. The fraction of sp³-hybridized carbons (Fsp3) is 0.222. The van der Waals surface area contributed by atoms with E-state index in [4.69, 9.17) is 17.0 Å². The zero-order valence-electron chi connectivity index (χ0n) is 14.6. The van der Waals surface area contributed by atoms with E-state index in [0.717, 1.165) is 10.8 Å². The standard InChI is InChI=1S/C18H19N3O5S/c1-25-17(24)9-8-15(22)19-18(27)21-20-16(23)11-26-14-7-6-12-4-2-3-5-13(12)10-14/h2-7,10H,8-9,11H2,1H3,(H,20,23)(H2,19,21,22,27). The molecule has 0 atom stereocenters. The molecule has 3 N–H and O–H groups in total. The molecule has 27 heavy (non-hydrogen) atoms. The summed E-state index contributed by atoms with van der Waals surface area (Å²) in [6.07, 6.45) is -0.135. The molecule has 2 amide bonds. The minimum absolute atomic E-state index is 0.0586. The molecule has 0 radical (unpaired) electrons. The number of esters is 1. The Balaban J connectivity index is 1.69. The fourth-order valence-electron chi connectivity index (χ4n) is 2.11. The molecule has 0 bridgehead atoms. The van der Waals surface area contributed by atoms with E-state index in [0.29, 0.717) is 5.75 Å². The number of carbonyl (C=O) groups excluding carboxylic acids is 3. The van der Waals surface area contributed by atoms with Crippen LogP contribution in [0.3, 0.4) is 0 Å². The third-order valence-corrected chi connectivity index (χ3v) is 3.65. The summed E-state index contributed by atoms with van der Waals surface area (Å²) in [5.41, 5.74) is 4.69. The number of ether oxygens (including phenoxy) is 2. The highest BCUT2D eigenvalue weighted by Crippen LogP contribution is 2.20. The van der Waals surface area contributed by atoms with E-state index in [2.05, 4.69) is 20.9 Å². The molecule has 142 valence electrons. The fourth-order valence-corrected chi connectivity index (χ4v) is 2.27. The summed E-state index contributed by atoms with van der Waals surface area (Å²) >= 11 is 4.87. The lowest BCUT2D eigenvalue weighted by molar-refractivity contribution is -0.142. The van der Waals surface area contributed by atoms with E-state index in [1.165, 1.54) is 7.11 Å². The zero-order valence-corrected chi connectivity index (χ0v) is 15.4. The lowest BCUT2D eigenvalue weighted by atomic mass is 10.1. The molecule has 0 fully saturated rings. The summed E-state index contributed by atoms with van der Waals surface area (Å²) in [4.78, 5) is 34.3. The van der Waals surface area contributed by atoms with Gasteiger partial charge < -0.3 is 14.8 Å². The number of rotatable bonds is 6. The summed E-state index contributed by atoms with van der Waals surface area (Å²) in [7, 11) is 1.24. The number of carbonyl (C=O) groups is 3. The van der Waals surface area contributed by atoms with Gasteiger partial charge in [-0.3, -0.25) is 25.2 Å². The number of methoxy groups -OCH3 is 1. The molecule has 8 nitrogen and oxygen atoms in total. The Morgan fingerprint density at radius 2 is 1.70 bits per heavy atom. The van der Waals surface area contributed by atoms with Crippen molar-refractivity contribution in [1.82, 2.24) is 16.2 Å². The van der Waals surface area contributed by atoms with Crippen molar-refractivity contribution >= 4 is 45.9 Å². The maximum atomic E-state index is 11.8. The van der Waals surface area contributed by atoms with Crippen molar-refractivity contribution < 1.29 is 23.9 Å². The van der Waals surface area contributed by atoms with Crippen molar-refractivity contribution in [2.24, 2.45) is 0 Å². The second-order valence-electron chi connectivity index (χ2n) is 5.42. The molecule has 0 aliphatic heterocycles. The molecule has 2 aromatic rings. The van der Waals surface area contributed by atoms with Crippen LogP contribution < -0.4 is 20.9 Å². The Hall–Kier alpha value is -3.20. The van der Waals surface area contributed by atoms with Gasteiger partial charge in [-0.2, -0.15) is 0 Å².